The maximum Gasteiger partial charge on any atom is 0.255 e. The molecule has 1 aliphatic rings. The molecule has 1 atom stereocenters. The first-order valence-corrected chi connectivity index (χ1v) is 10.4. The number of anilines is 1. The molecule has 0 spiro atoms. The number of hydrogen-bond donors (Lipinski definition) is 1. The number of ether oxygens (including phenoxy) is 1. The van der Waals surface area contributed by atoms with Crippen molar-refractivity contribution in [3.8, 4) is 5.75 Å². The molecular formula is C26H26N2O3. The number of methoxy groups -OCH3 is 1. The summed E-state index contributed by atoms with van der Waals surface area (Å²) < 4.78 is 5.27. The molecule has 0 bridgehead atoms. The highest BCUT2D eigenvalue weighted by molar-refractivity contribution is 5.99. The summed E-state index contributed by atoms with van der Waals surface area (Å²) >= 11 is 0. The van der Waals surface area contributed by atoms with Crippen molar-refractivity contribution in [2.75, 3.05) is 12.4 Å². The number of rotatable bonds is 6. The fourth-order valence-electron chi connectivity index (χ4n) is 3.97. The average Bonchev–Trinajstić information content (AvgIpc) is 3.11. The Bertz CT molecular complexity index is 1120. The fourth-order valence-corrected chi connectivity index (χ4v) is 3.97. The van der Waals surface area contributed by atoms with Gasteiger partial charge in [0.1, 0.15) is 5.75 Å². The Hall–Kier alpha value is -3.60. The molecule has 0 saturated heterocycles. The van der Waals surface area contributed by atoms with E-state index in [2.05, 4.69) is 5.32 Å². The number of aryl methyl sites for hydroxylation is 2. The van der Waals surface area contributed by atoms with Crippen molar-refractivity contribution in [1.29, 1.82) is 0 Å². The third kappa shape index (κ3) is 4.31. The highest BCUT2D eigenvalue weighted by atomic mass is 16.5. The first-order valence-electron chi connectivity index (χ1n) is 10.4. The maximum atomic E-state index is 13.1. The van der Waals surface area contributed by atoms with E-state index in [9.17, 15) is 9.59 Å². The molecule has 158 valence electrons. The summed E-state index contributed by atoms with van der Waals surface area (Å²) in [4.78, 5) is 27.9. The van der Waals surface area contributed by atoms with Gasteiger partial charge in [-0.1, -0.05) is 36.4 Å². The van der Waals surface area contributed by atoms with E-state index >= 15 is 0 Å². The lowest BCUT2D eigenvalue weighted by molar-refractivity contribution is -0.117. The van der Waals surface area contributed by atoms with Gasteiger partial charge in [-0.05, 0) is 66.4 Å². The van der Waals surface area contributed by atoms with Crippen molar-refractivity contribution in [2.24, 2.45) is 0 Å². The topological polar surface area (TPSA) is 58.6 Å². The van der Waals surface area contributed by atoms with E-state index in [0.29, 0.717) is 12.1 Å². The zero-order chi connectivity index (χ0) is 22.0. The van der Waals surface area contributed by atoms with Crippen LogP contribution in [-0.2, 0) is 11.3 Å². The number of benzene rings is 3. The van der Waals surface area contributed by atoms with Gasteiger partial charge >= 0.3 is 0 Å². The van der Waals surface area contributed by atoms with E-state index in [1.54, 1.807) is 12.0 Å². The van der Waals surface area contributed by atoms with Crippen molar-refractivity contribution in [3.63, 3.8) is 0 Å². The number of amides is 2. The molecule has 0 aromatic heterocycles. The summed E-state index contributed by atoms with van der Waals surface area (Å²) in [6.07, 6.45) is 0.166. The van der Waals surface area contributed by atoms with E-state index in [1.807, 2.05) is 80.6 Å². The first kappa shape index (κ1) is 20.7. The quantitative estimate of drug-likeness (QED) is 0.615. The van der Waals surface area contributed by atoms with E-state index in [0.717, 1.165) is 28.1 Å². The zero-order valence-electron chi connectivity index (χ0n) is 18.0. The first-order chi connectivity index (χ1) is 15.0. The highest BCUT2D eigenvalue weighted by Gasteiger charge is 2.34. The number of hydrogen-bond acceptors (Lipinski definition) is 3. The molecule has 1 unspecified atom stereocenters. The van der Waals surface area contributed by atoms with E-state index < -0.39 is 0 Å². The van der Waals surface area contributed by atoms with Crippen molar-refractivity contribution in [2.45, 2.75) is 32.9 Å². The Labute approximate surface area is 182 Å². The molecule has 0 fully saturated rings. The van der Waals surface area contributed by atoms with Gasteiger partial charge in [-0.2, -0.15) is 0 Å². The molecule has 0 radical (unpaired) electrons. The molecule has 0 saturated carbocycles. The third-order valence-electron chi connectivity index (χ3n) is 5.90. The van der Waals surface area contributed by atoms with Gasteiger partial charge in [-0.25, -0.2) is 0 Å². The van der Waals surface area contributed by atoms with Crippen LogP contribution >= 0.6 is 0 Å². The van der Waals surface area contributed by atoms with E-state index in [-0.39, 0.29) is 24.3 Å². The molecule has 5 heteroatoms. The smallest absolute Gasteiger partial charge is 0.255 e. The summed E-state index contributed by atoms with van der Waals surface area (Å²) in [7, 11) is 1.62. The maximum absolute atomic E-state index is 13.1. The van der Waals surface area contributed by atoms with Gasteiger partial charge < -0.3 is 15.0 Å². The minimum Gasteiger partial charge on any atom is -0.497 e. The van der Waals surface area contributed by atoms with Crippen LogP contribution in [0.3, 0.4) is 0 Å². The average molecular weight is 415 g/mol. The minimum atomic E-state index is -0.377. The Morgan fingerprint density at radius 3 is 2.45 bits per heavy atom. The molecule has 1 heterocycles. The zero-order valence-corrected chi connectivity index (χ0v) is 18.0. The highest BCUT2D eigenvalue weighted by Crippen LogP contribution is 2.34. The van der Waals surface area contributed by atoms with Gasteiger partial charge in [-0.3, -0.25) is 9.59 Å². The Kier molecular flexibility index (Phi) is 5.76. The summed E-state index contributed by atoms with van der Waals surface area (Å²) in [5, 5.41) is 2.99. The lowest BCUT2D eigenvalue weighted by atomic mass is 10.0. The Morgan fingerprint density at radius 2 is 1.77 bits per heavy atom. The molecule has 1 N–H and O–H groups in total. The van der Waals surface area contributed by atoms with Crippen LogP contribution in [-0.4, -0.2) is 23.8 Å². The number of carbonyl (C=O) groups excluding carboxylic acids is 2. The van der Waals surface area contributed by atoms with Crippen molar-refractivity contribution < 1.29 is 14.3 Å². The van der Waals surface area contributed by atoms with Gasteiger partial charge in [0.2, 0.25) is 5.91 Å². The van der Waals surface area contributed by atoms with Crippen molar-refractivity contribution >= 4 is 17.5 Å². The van der Waals surface area contributed by atoms with Crippen LogP contribution in [0.15, 0.2) is 66.7 Å². The molecule has 1 aliphatic heterocycles. The molecule has 0 aliphatic carbocycles. The second-order valence-corrected chi connectivity index (χ2v) is 7.93. The number of carbonyl (C=O) groups is 2. The van der Waals surface area contributed by atoms with Crippen LogP contribution in [0.5, 0.6) is 5.75 Å². The lowest BCUT2D eigenvalue weighted by Gasteiger charge is -2.28. The van der Waals surface area contributed by atoms with Gasteiger partial charge in [0, 0.05) is 17.8 Å². The molecular weight excluding hydrogens is 388 g/mol. The second kappa shape index (κ2) is 8.64. The van der Waals surface area contributed by atoms with Crippen LogP contribution in [0, 0.1) is 13.8 Å². The standard InChI is InChI=1S/C26H26N2O3/c1-17-8-11-21(14-18(17)2)27-25(29)15-24(19-9-12-22(31-3)13-10-19)28-16-20-6-4-5-7-23(20)26(28)30/h4-14,24H,15-16H2,1-3H3,(H,27,29). The largest absolute Gasteiger partial charge is 0.497 e. The fraction of sp³-hybridized carbons (Fsp3) is 0.231. The minimum absolute atomic E-state index is 0.0459. The molecule has 5 nitrogen and oxygen atoms in total. The molecule has 3 aromatic rings. The normalized spacial score (nSPS) is 13.6. The predicted molar refractivity (Wildman–Crippen MR) is 121 cm³/mol. The van der Waals surface area contributed by atoms with Crippen molar-refractivity contribution in [1.82, 2.24) is 4.90 Å². The SMILES string of the molecule is COc1ccc(C(CC(=O)Nc2ccc(C)c(C)c2)N2Cc3ccccc3C2=O)cc1. The van der Waals surface area contributed by atoms with Gasteiger partial charge in [0.05, 0.1) is 19.6 Å². The molecule has 31 heavy (non-hydrogen) atoms. The third-order valence-corrected chi connectivity index (χ3v) is 5.90. The summed E-state index contributed by atoms with van der Waals surface area (Å²) in [5.74, 6) is 0.557. The molecule has 3 aromatic carbocycles. The van der Waals surface area contributed by atoms with E-state index in [4.69, 9.17) is 4.74 Å². The number of fused-ring (bicyclic) bond motifs is 1. The molecule has 2 amide bonds. The number of nitrogens with one attached hydrogen (secondary N) is 1. The van der Waals surface area contributed by atoms with E-state index in [1.165, 1.54) is 5.56 Å². The summed E-state index contributed by atoms with van der Waals surface area (Å²) in [5.41, 5.74) is 5.65. The van der Waals surface area contributed by atoms with Crippen LogP contribution in [0.25, 0.3) is 0 Å². The Morgan fingerprint density at radius 1 is 1.03 bits per heavy atom. The van der Waals surface area contributed by atoms with Gasteiger partial charge in [0.15, 0.2) is 0 Å². The second-order valence-electron chi connectivity index (χ2n) is 7.93. The summed E-state index contributed by atoms with van der Waals surface area (Å²) in [6.45, 7) is 4.55. The van der Waals surface area contributed by atoms with Gasteiger partial charge in [-0.15, -0.1) is 0 Å². The predicted octanol–water partition coefficient (Wildman–Crippen LogP) is 5.04. The Balaban J connectivity index is 1.60. The van der Waals surface area contributed by atoms with Gasteiger partial charge in [0.25, 0.3) is 5.91 Å². The number of nitrogens with zero attached hydrogens (tertiary/aromatic N) is 1. The van der Waals surface area contributed by atoms with Crippen molar-refractivity contribution in [3.05, 3.63) is 94.5 Å². The monoisotopic (exact) mass is 414 g/mol. The van der Waals surface area contributed by atoms with Crippen LogP contribution in [0.1, 0.15) is 45.1 Å². The van der Waals surface area contributed by atoms with Crippen LogP contribution < -0.4 is 10.1 Å². The molecule has 4 rings (SSSR count). The lowest BCUT2D eigenvalue weighted by Crippen LogP contribution is -2.32. The summed E-state index contributed by atoms with van der Waals surface area (Å²) in [6, 6.07) is 20.7. The van der Waals surface area contributed by atoms with Crippen LogP contribution in [0.2, 0.25) is 0 Å². The van der Waals surface area contributed by atoms with Crippen LogP contribution in [0.4, 0.5) is 5.69 Å².